The molecule has 0 saturated carbocycles. The molecule has 0 saturated heterocycles. The average Bonchev–Trinajstić information content (AvgIpc) is 2.51. The van der Waals surface area contributed by atoms with Gasteiger partial charge in [-0.05, 0) is 65.2 Å². The van der Waals surface area contributed by atoms with Gasteiger partial charge in [-0.3, -0.25) is 4.99 Å². The minimum atomic E-state index is 0.00335. The molecule has 0 fully saturated rings. The molecule has 0 amide bonds. The Hall–Kier alpha value is -1.91. The predicted octanol–water partition coefficient (Wildman–Crippen LogP) is 3.38. The summed E-state index contributed by atoms with van der Waals surface area (Å²) < 4.78 is 10.9. The van der Waals surface area contributed by atoms with Crippen molar-refractivity contribution in [3.05, 3.63) is 23.8 Å². The molecule has 1 aromatic carbocycles. The first-order valence-electron chi connectivity index (χ1n) is 8.75. The maximum atomic E-state index is 5.63. The predicted molar refractivity (Wildman–Crippen MR) is 101 cm³/mol. The van der Waals surface area contributed by atoms with Gasteiger partial charge in [-0.1, -0.05) is 6.07 Å². The molecule has 2 N–H and O–H groups in total. The summed E-state index contributed by atoms with van der Waals surface area (Å²) in [4.78, 5) is 4.64. The lowest BCUT2D eigenvalue weighted by Gasteiger charge is -2.23. The molecule has 0 bridgehead atoms. The van der Waals surface area contributed by atoms with E-state index < -0.39 is 0 Å². The molecular weight excluding hydrogens is 302 g/mol. The molecule has 0 radical (unpaired) electrons. The van der Waals surface area contributed by atoms with Crippen LogP contribution in [0.4, 0.5) is 0 Å². The molecule has 24 heavy (non-hydrogen) atoms. The van der Waals surface area contributed by atoms with Crippen molar-refractivity contribution in [2.75, 3.05) is 26.8 Å². The van der Waals surface area contributed by atoms with E-state index in [9.17, 15) is 0 Å². The first kappa shape index (κ1) is 20.1. The fourth-order valence-corrected chi connectivity index (χ4v) is 2.28. The van der Waals surface area contributed by atoms with E-state index in [4.69, 9.17) is 9.47 Å². The highest BCUT2D eigenvalue weighted by molar-refractivity contribution is 5.80. The van der Waals surface area contributed by atoms with E-state index in [-0.39, 0.29) is 5.54 Å². The van der Waals surface area contributed by atoms with E-state index in [1.807, 2.05) is 13.0 Å². The van der Waals surface area contributed by atoms with Crippen molar-refractivity contribution in [1.82, 2.24) is 10.6 Å². The Morgan fingerprint density at radius 2 is 1.92 bits per heavy atom. The van der Waals surface area contributed by atoms with Gasteiger partial charge in [-0.2, -0.15) is 0 Å². The average molecular weight is 335 g/mol. The molecule has 0 spiro atoms. The maximum Gasteiger partial charge on any atom is 0.191 e. The van der Waals surface area contributed by atoms with Gasteiger partial charge in [0, 0.05) is 18.6 Å². The minimum Gasteiger partial charge on any atom is -0.493 e. The van der Waals surface area contributed by atoms with E-state index >= 15 is 0 Å². The first-order valence-corrected chi connectivity index (χ1v) is 8.75. The Balaban J connectivity index is 2.59. The van der Waals surface area contributed by atoms with Crippen molar-refractivity contribution in [3.8, 4) is 11.5 Å². The Kier molecular flexibility index (Phi) is 8.44. The zero-order valence-corrected chi connectivity index (χ0v) is 16.0. The molecular formula is C19H33N3O2. The lowest BCUT2D eigenvalue weighted by molar-refractivity contribution is 0.310. The fraction of sp³-hybridized carbons (Fsp3) is 0.632. The second-order valence-electron chi connectivity index (χ2n) is 6.66. The summed E-state index contributed by atoms with van der Waals surface area (Å²) >= 11 is 0. The summed E-state index contributed by atoms with van der Waals surface area (Å²) in [6, 6.07) is 6.11. The van der Waals surface area contributed by atoms with Crippen LogP contribution in [0.25, 0.3) is 0 Å². The largest absolute Gasteiger partial charge is 0.493 e. The van der Waals surface area contributed by atoms with Crippen molar-refractivity contribution in [2.24, 2.45) is 4.99 Å². The SMILES string of the molecule is CCNC(=NCCCc1ccc(OC)c(OCC)c1)NC(C)(C)C. The van der Waals surface area contributed by atoms with Crippen LogP contribution in [0.1, 0.15) is 46.6 Å². The Morgan fingerprint density at radius 1 is 1.17 bits per heavy atom. The molecule has 0 unspecified atom stereocenters. The summed E-state index contributed by atoms with van der Waals surface area (Å²) in [7, 11) is 1.66. The van der Waals surface area contributed by atoms with Gasteiger partial charge in [0.05, 0.1) is 13.7 Å². The quantitative estimate of drug-likeness (QED) is 0.434. The van der Waals surface area contributed by atoms with Crippen molar-refractivity contribution in [1.29, 1.82) is 0 Å². The van der Waals surface area contributed by atoms with Crippen LogP contribution in [-0.2, 0) is 6.42 Å². The summed E-state index contributed by atoms with van der Waals surface area (Å²) in [5.41, 5.74) is 1.24. The number of aliphatic imine (C=N–C) groups is 1. The summed E-state index contributed by atoms with van der Waals surface area (Å²) in [5, 5.41) is 6.68. The first-order chi connectivity index (χ1) is 11.4. The number of rotatable bonds is 8. The number of nitrogens with zero attached hydrogens (tertiary/aromatic N) is 1. The number of guanidine groups is 1. The summed E-state index contributed by atoms with van der Waals surface area (Å²) in [6.07, 6.45) is 1.95. The molecule has 5 nitrogen and oxygen atoms in total. The van der Waals surface area contributed by atoms with E-state index in [2.05, 4.69) is 55.5 Å². The van der Waals surface area contributed by atoms with Gasteiger partial charge < -0.3 is 20.1 Å². The zero-order valence-electron chi connectivity index (χ0n) is 16.0. The van der Waals surface area contributed by atoms with Crippen LogP contribution in [0.3, 0.4) is 0 Å². The van der Waals surface area contributed by atoms with Crippen molar-refractivity contribution < 1.29 is 9.47 Å². The number of methoxy groups -OCH3 is 1. The van der Waals surface area contributed by atoms with Gasteiger partial charge in [0.1, 0.15) is 0 Å². The van der Waals surface area contributed by atoms with Gasteiger partial charge in [0.2, 0.25) is 0 Å². The molecule has 1 rings (SSSR count). The Bertz CT molecular complexity index is 522. The van der Waals surface area contributed by atoms with Crippen LogP contribution < -0.4 is 20.1 Å². The van der Waals surface area contributed by atoms with Crippen molar-refractivity contribution in [2.45, 2.75) is 53.0 Å². The standard InChI is InChI=1S/C19H33N3O2/c1-7-20-18(22-19(3,4)5)21-13-9-10-15-11-12-16(23-6)17(14-15)24-8-2/h11-12,14H,7-10,13H2,1-6H3,(H2,20,21,22). The van der Waals surface area contributed by atoms with E-state index in [1.165, 1.54) is 5.56 Å². The molecule has 0 heterocycles. The molecule has 136 valence electrons. The van der Waals surface area contributed by atoms with Crippen LogP contribution in [-0.4, -0.2) is 38.3 Å². The number of benzene rings is 1. The molecule has 0 aromatic heterocycles. The normalized spacial score (nSPS) is 12.0. The third kappa shape index (κ3) is 7.57. The van der Waals surface area contributed by atoms with Gasteiger partial charge in [-0.15, -0.1) is 0 Å². The molecule has 5 heteroatoms. The lowest BCUT2D eigenvalue weighted by atomic mass is 10.1. The Labute approximate surface area is 146 Å². The Morgan fingerprint density at radius 3 is 2.50 bits per heavy atom. The zero-order chi connectivity index (χ0) is 18.0. The van der Waals surface area contributed by atoms with Crippen molar-refractivity contribution >= 4 is 5.96 Å². The van der Waals surface area contributed by atoms with Crippen LogP contribution in [0, 0.1) is 0 Å². The number of nitrogens with one attached hydrogen (secondary N) is 2. The van der Waals surface area contributed by atoms with Gasteiger partial charge in [0.25, 0.3) is 0 Å². The highest BCUT2D eigenvalue weighted by atomic mass is 16.5. The van der Waals surface area contributed by atoms with Gasteiger partial charge in [0.15, 0.2) is 17.5 Å². The highest BCUT2D eigenvalue weighted by Crippen LogP contribution is 2.28. The second-order valence-corrected chi connectivity index (χ2v) is 6.66. The molecule has 0 aliphatic carbocycles. The molecule has 0 atom stereocenters. The second kappa shape index (κ2) is 10.1. The number of hydrogen-bond acceptors (Lipinski definition) is 3. The number of hydrogen-bond donors (Lipinski definition) is 2. The maximum absolute atomic E-state index is 5.63. The fourth-order valence-electron chi connectivity index (χ4n) is 2.28. The van der Waals surface area contributed by atoms with E-state index in [1.54, 1.807) is 7.11 Å². The lowest BCUT2D eigenvalue weighted by Crippen LogP contribution is -2.47. The van der Waals surface area contributed by atoms with Crippen LogP contribution in [0.5, 0.6) is 11.5 Å². The third-order valence-corrected chi connectivity index (χ3v) is 3.26. The van der Waals surface area contributed by atoms with E-state index in [0.717, 1.165) is 43.4 Å². The minimum absolute atomic E-state index is 0.00335. The third-order valence-electron chi connectivity index (χ3n) is 3.26. The molecule has 1 aromatic rings. The van der Waals surface area contributed by atoms with Gasteiger partial charge in [-0.25, -0.2) is 0 Å². The van der Waals surface area contributed by atoms with E-state index in [0.29, 0.717) is 6.61 Å². The van der Waals surface area contributed by atoms with Crippen LogP contribution >= 0.6 is 0 Å². The highest BCUT2D eigenvalue weighted by Gasteiger charge is 2.11. The number of ether oxygens (including phenoxy) is 2. The topological polar surface area (TPSA) is 54.9 Å². The summed E-state index contributed by atoms with van der Waals surface area (Å²) in [5.74, 6) is 2.46. The molecule has 0 aliphatic heterocycles. The summed E-state index contributed by atoms with van der Waals surface area (Å²) in [6.45, 7) is 12.7. The van der Waals surface area contributed by atoms with Crippen LogP contribution in [0.2, 0.25) is 0 Å². The smallest absolute Gasteiger partial charge is 0.191 e. The number of aryl methyl sites for hydroxylation is 1. The van der Waals surface area contributed by atoms with Crippen molar-refractivity contribution in [3.63, 3.8) is 0 Å². The monoisotopic (exact) mass is 335 g/mol. The molecule has 0 aliphatic rings. The van der Waals surface area contributed by atoms with Crippen LogP contribution in [0.15, 0.2) is 23.2 Å². The van der Waals surface area contributed by atoms with Gasteiger partial charge >= 0.3 is 0 Å².